The summed E-state index contributed by atoms with van der Waals surface area (Å²) in [5.41, 5.74) is 1.02. The summed E-state index contributed by atoms with van der Waals surface area (Å²) in [6.07, 6.45) is 0. The quantitative estimate of drug-likeness (QED) is 0.833. The Balaban J connectivity index is 2.75. The van der Waals surface area contributed by atoms with E-state index >= 15 is 0 Å². The van der Waals surface area contributed by atoms with Crippen molar-refractivity contribution < 1.29 is 9.84 Å². The molecular formula is C12H16ClNO2. The fourth-order valence-electron chi connectivity index (χ4n) is 1.35. The molecule has 1 aromatic rings. The van der Waals surface area contributed by atoms with Gasteiger partial charge in [0.15, 0.2) is 11.5 Å². The molecule has 0 bridgehead atoms. The lowest BCUT2D eigenvalue weighted by Gasteiger charge is -2.15. The van der Waals surface area contributed by atoms with Crippen LogP contribution >= 0.6 is 11.6 Å². The molecule has 0 heterocycles. The molecule has 0 radical (unpaired) electrons. The Hall–Kier alpha value is -1.19. The number of hydrogen-bond acceptors (Lipinski definition) is 3. The zero-order valence-corrected chi connectivity index (χ0v) is 10.2. The van der Waals surface area contributed by atoms with Gasteiger partial charge in [-0.15, -0.1) is 0 Å². The number of phenolic OH excluding ortho intramolecular Hbond substituents is 1. The van der Waals surface area contributed by atoms with Gasteiger partial charge in [0.25, 0.3) is 0 Å². The van der Waals surface area contributed by atoms with Crippen LogP contribution in [0.15, 0.2) is 29.8 Å². The third kappa shape index (κ3) is 3.43. The Morgan fingerprint density at radius 3 is 2.88 bits per heavy atom. The monoisotopic (exact) mass is 241 g/mol. The van der Waals surface area contributed by atoms with E-state index in [0.717, 1.165) is 5.56 Å². The van der Waals surface area contributed by atoms with Crippen molar-refractivity contribution >= 4 is 11.6 Å². The summed E-state index contributed by atoms with van der Waals surface area (Å²) in [6, 6.07) is 5.36. The number of ether oxygens (including phenoxy) is 1. The minimum atomic E-state index is 0.116. The summed E-state index contributed by atoms with van der Waals surface area (Å²) in [4.78, 5) is 0. The Bertz CT molecular complexity index is 379. The molecule has 16 heavy (non-hydrogen) atoms. The predicted molar refractivity (Wildman–Crippen MR) is 66.1 cm³/mol. The lowest BCUT2D eigenvalue weighted by molar-refractivity contribution is 0.372. The summed E-state index contributed by atoms with van der Waals surface area (Å²) in [7, 11) is 1.53. The minimum absolute atomic E-state index is 0.116. The highest BCUT2D eigenvalue weighted by Gasteiger charge is 2.08. The highest BCUT2D eigenvalue weighted by atomic mass is 35.5. The number of hydrogen-bond donors (Lipinski definition) is 2. The third-order valence-corrected chi connectivity index (χ3v) is 2.44. The van der Waals surface area contributed by atoms with E-state index in [1.54, 1.807) is 12.1 Å². The maximum absolute atomic E-state index is 9.45. The number of phenols is 1. The van der Waals surface area contributed by atoms with E-state index in [1.807, 2.05) is 13.0 Å². The van der Waals surface area contributed by atoms with Crippen LogP contribution in [0.5, 0.6) is 11.5 Å². The zero-order valence-electron chi connectivity index (χ0n) is 9.46. The standard InChI is InChI=1S/C12H16ClNO2/c1-8(13)7-14-9(2)10-4-5-11(15)12(6-10)16-3/h4-6,9,14-15H,1,7H2,2-3H3. The van der Waals surface area contributed by atoms with E-state index in [1.165, 1.54) is 7.11 Å². The van der Waals surface area contributed by atoms with Crippen LogP contribution in [0.3, 0.4) is 0 Å². The van der Waals surface area contributed by atoms with E-state index in [9.17, 15) is 5.11 Å². The van der Waals surface area contributed by atoms with Gasteiger partial charge < -0.3 is 15.2 Å². The second kappa shape index (κ2) is 5.77. The number of halogens is 1. The molecule has 3 nitrogen and oxygen atoms in total. The average molecular weight is 242 g/mol. The molecular weight excluding hydrogens is 226 g/mol. The first-order chi connectivity index (χ1) is 7.54. The second-order valence-electron chi connectivity index (χ2n) is 3.55. The van der Waals surface area contributed by atoms with E-state index in [2.05, 4.69) is 11.9 Å². The normalized spacial score (nSPS) is 12.2. The lowest BCUT2D eigenvalue weighted by atomic mass is 10.1. The molecule has 88 valence electrons. The molecule has 0 fully saturated rings. The minimum Gasteiger partial charge on any atom is -0.504 e. The first kappa shape index (κ1) is 12.9. The SMILES string of the molecule is C=C(Cl)CNC(C)c1ccc(O)c(OC)c1. The number of aromatic hydroxyl groups is 1. The van der Waals surface area contributed by atoms with Gasteiger partial charge in [-0.25, -0.2) is 0 Å². The van der Waals surface area contributed by atoms with Crippen LogP contribution in [-0.4, -0.2) is 18.8 Å². The molecule has 0 aliphatic carbocycles. The maximum Gasteiger partial charge on any atom is 0.160 e. The van der Waals surface area contributed by atoms with Crippen LogP contribution in [0, 0.1) is 0 Å². The van der Waals surface area contributed by atoms with E-state index < -0.39 is 0 Å². The van der Waals surface area contributed by atoms with E-state index in [-0.39, 0.29) is 11.8 Å². The third-order valence-electron chi connectivity index (χ3n) is 2.30. The van der Waals surface area contributed by atoms with Crippen LogP contribution in [0.1, 0.15) is 18.5 Å². The average Bonchev–Trinajstić information content (AvgIpc) is 2.26. The number of rotatable bonds is 5. The van der Waals surface area contributed by atoms with E-state index in [4.69, 9.17) is 16.3 Å². The van der Waals surface area contributed by atoms with Gasteiger partial charge in [-0.05, 0) is 24.6 Å². The lowest BCUT2D eigenvalue weighted by Crippen LogP contribution is -2.19. The van der Waals surface area contributed by atoms with Crippen molar-refractivity contribution in [3.05, 3.63) is 35.4 Å². The largest absolute Gasteiger partial charge is 0.504 e. The molecule has 1 rings (SSSR count). The molecule has 0 amide bonds. The van der Waals surface area contributed by atoms with Gasteiger partial charge in [-0.2, -0.15) is 0 Å². The maximum atomic E-state index is 9.45. The summed E-state index contributed by atoms with van der Waals surface area (Å²) < 4.78 is 5.04. The predicted octanol–water partition coefficient (Wildman–Crippen LogP) is 2.80. The second-order valence-corrected chi connectivity index (χ2v) is 4.09. The van der Waals surface area contributed by atoms with Crippen molar-refractivity contribution in [3.63, 3.8) is 0 Å². The van der Waals surface area contributed by atoms with Crippen LogP contribution in [-0.2, 0) is 0 Å². The Morgan fingerprint density at radius 2 is 2.31 bits per heavy atom. The van der Waals surface area contributed by atoms with Crippen molar-refractivity contribution in [2.24, 2.45) is 0 Å². The molecule has 1 unspecified atom stereocenters. The number of methoxy groups -OCH3 is 1. The van der Waals surface area contributed by atoms with Crippen molar-refractivity contribution in [2.45, 2.75) is 13.0 Å². The van der Waals surface area contributed by atoms with Crippen LogP contribution in [0.2, 0.25) is 0 Å². The Kier molecular flexibility index (Phi) is 4.65. The van der Waals surface area contributed by atoms with Crippen molar-refractivity contribution in [3.8, 4) is 11.5 Å². The molecule has 0 saturated carbocycles. The number of nitrogens with one attached hydrogen (secondary N) is 1. The molecule has 0 saturated heterocycles. The molecule has 4 heteroatoms. The topological polar surface area (TPSA) is 41.5 Å². The molecule has 1 atom stereocenters. The summed E-state index contributed by atoms with van der Waals surface area (Å²) in [5, 5.41) is 13.2. The van der Waals surface area contributed by atoms with Gasteiger partial charge >= 0.3 is 0 Å². The van der Waals surface area contributed by atoms with Crippen LogP contribution < -0.4 is 10.1 Å². The van der Waals surface area contributed by atoms with Gasteiger partial charge in [0.2, 0.25) is 0 Å². The van der Waals surface area contributed by atoms with Crippen molar-refractivity contribution in [1.29, 1.82) is 0 Å². The summed E-state index contributed by atoms with van der Waals surface area (Å²) in [6.45, 7) is 6.16. The van der Waals surface area contributed by atoms with Gasteiger partial charge in [0.1, 0.15) is 0 Å². The van der Waals surface area contributed by atoms with Crippen molar-refractivity contribution in [1.82, 2.24) is 5.32 Å². The molecule has 0 aliphatic heterocycles. The first-order valence-electron chi connectivity index (χ1n) is 4.98. The van der Waals surface area contributed by atoms with E-state index in [0.29, 0.717) is 17.3 Å². The van der Waals surface area contributed by atoms with Crippen molar-refractivity contribution in [2.75, 3.05) is 13.7 Å². The fraction of sp³-hybridized carbons (Fsp3) is 0.333. The van der Waals surface area contributed by atoms with Crippen LogP contribution in [0.4, 0.5) is 0 Å². The molecule has 0 spiro atoms. The molecule has 2 N–H and O–H groups in total. The Morgan fingerprint density at radius 1 is 1.62 bits per heavy atom. The molecule has 0 aromatic heterocycles. The van der Waals surface area contributed by atoms with Gasteiger partial charge in [-0.3, -0.25) is 0 Å². The molecule has 1 aromatic carbocycles. The summed E-state index contributed by atoms with van der Waals surface area (Å²) in [5.74, 6) is 0.607. The van der Waals surface area contributed by atoms with Gasteiger partial charge in [0, 0.05) is 17.6 Å². The highest BCUT2D eigenvalue weighted by molar-refractivity contribution is 6.29. The zero-order chi connectivity index (χ0) is 12.1. The van der Waals surface area contributed by atoms with Crippen LogP contribution in [0.25, 0.3) is 0 Å². The first-order valence-corrected chi connectivity index (χ1v) is 5.36. The number of benzene rings is 1. The highest BCUT2D eigenvalue weighted by Crippen LogP contribution is 2.28. The van der Waals surface area contributed by atoms with Gasteiger partial charge in [-0.1, -0.05) is 24.2 Å². The Labute approximate surface area is 101 Å². The molecule has 0 aliphatic rings. The van der Waals surface area contributed by atoms with Gasteiger partial charge in [0.05, 0.1) is 7.11 Å². The summed E-state index contributed by atoms with van der Waals surface area (Å²) >= 11 is 5.67. The smallest absolute Gasteiger partial charge is 0.160 e. The fourth-order valence-corrected chi connectivity index (χ4v) is 1.42.